The van der Waals surface area contributed by atoms with Gasteiger partial charge in [-0.15, -0.1) is 0 Å². The average molecular weight is 361 g/mol. The van der Waals surface area contributed by atoms with E-state index in [1.54, 1.807) is 0 Å². The standard InChI is InChI=1S/C14H21BrN2O2S/c1-14(2,10-16)17-13(18)4-3-9-20(19)12-7-5-11(15)6-8-12/h5-8H,3-4,9-10,16H2,1-2H3,(H,17,18). The molecule has 0 spiro atoms. The smallest absolute Gasteiger partial charge is 0.220 e. The van der Waals surface area contributed by atoms with Gasteiger partial charge in [-0.1, -0.05) is 15.9 Å². The molecule has 3 N–H and O–H groups in total. The highest BCUT2D eigenvalue weighted by molar-refractivity contribution is 9.10. The van der Waals surface area contributed by atoms with Gasteiger partial charge < -0.3 is 11.1 Å². The van der Waals surface area contributed by atoms with Crippen molar-refractivity contribution in [3.63, 3.8) is 0 Å². The predicted octanol–water partition coefficient (Wildman–Crippen LogP) is 2.19. The van der Waals surface area contributed by atoms with Crippen molar-refractivity contribution in [2.75, 3.05) is 12.3 Å². The number of rotatable bonds is 7. The molecule has 1 atom stereocenters. The Kier molecular flexibility index (Phi) is 6.85. The van der Waals surface area contributed by atoms with Crippen LogP contribution in [0.15, 0.2) is 33.6 Å². The maximum absolute atomic E-state index is 12.0. The molecule has 4 nitrogen and oxygen atoms in total. The number of carbonyl (C=O) groups excluding carboxylic acids is 1. The van der Waals surface area contributed by atoms with E-state index in [9.17, 15) is 9.00 Å². The zero-order valence-electron chi connectivity index (χ0n) is 11.8. The molecule has 1 rings (SSSR count). The van der Waals surface area contributed by atoms with Crippen molar-refractivity contribution in [3.05, 3.63) is 28.7 Å². The van der Waals surface area contributed by atoms with Gasteiger partial charge in [0.05, 0.1) is 10.8 Å². The molecule has 112 valence electrons. The van der Waals surface area contributed by atoms with Crippen LogP contribution in [0.4, 0.5) is 0 Å². The summed E-state index contributed by atoms with van der Waals surface area (Å²) >= 11 is 3.34. The van der Waals surface area contributed by atoms with Gasteiger partial charge in [0, 0.05) is 33.6 Å². The number of hydrogen-bond acceptors (Lipinski definition) is 3. The molecule has 0 saturated carbocycles. The van der Waals surface area contributed by atoms with Crippen molar-refractivity contribution < 1.29 is 9.00 Å². The monoisotopic (exact) mass is 360 g/mol. The maximum Gasteiger partial charge on any atom is 0.220 e. The largest absolute Gasteiger partial charge is 0.350 e. The summed E-state index contributed by atoms with van der Waals surface area (Å²) in [4.78, 5) is 12.5. The van der Waals surface area contributed by atoms with Gasteiger partial charge >= 0.3 is 0 Å². The number of carbonyl (C=O) groups is 1. The SMILES string of the molecule is CC(C)(CN)NC(=O)CCCS(=O)c1ccc(Br)cc1. The Balaban J connectivity index is 2.35. The molecular formula is C14H21BrN2O2S. The third kappa shape index (κ3) is 6.15. The van der Waals surface area contributed by atoms with Crippen LogP contribution in [0.25, 0.3) is 0 Å². The molecule has 1 unspecified atom stereocenters. The first-order chi connectivity index (χ1) is 9.34. The Hall–Kier alpha value is -0.720. The zero-order chi connectivity index (χ0) is 15.2. The van der Waals surface area contributed by atoms with E-state index in [2.05, 4.69) is 21.2 Å². The number of halogens is 1. The molecule has 0 aromatic heterocycles. The summed E-state index contributed by atoms with van der Waals surface area (Å²) in [6, 6.07) is 7.39. The van der Waals surface area contributed by atoms with Crippen LogP contribution in [0.5, 0.6) is 0 Å². The number of benzene rings is 1. The summed E-state index contributed by atoms with van der Waals surface area (Å²) in [6.07, 6.45) is 0.959. The van der Waals surface area contributed by atoms with Crippen molar-refractivity contribution in [3.8, 4) is 0 Å². The normalized spacial score (nSPS) is 13.0. The Bertz CT molecular complexity index is 475. The minimum absolute atomic E-state index is 0.0479. The Morgan fingerprint density at radius 1 is 1.35 bits per heavy atom. The van der Waals surface area contributed by atoms with E-state index in [0.717, 1.165) is 9.37 Å². The summed E-state index contributed by atoms with van der Waals surface area (Å²) in [5, 5.41) is 2.86. The van der Waals surface area contributed by atoms with Gasteiger partial charge in [-0.05, 0) is 44.5 Å². The minimum atomic E-state index is -1.06. The van der Waals surface area contributed by atoms with Crippen LogP contribution in [0.2, 0.25) is 0 Å². The lowest BCUT2D eigenvalue weighted by molar-refractivity contribution is -0.122. The molecule has 0 bridgehead atoms. The molecule has 0 radical (unpaired) electrons. The van der Waals surface area contributed by atoms with Gasteiger partial charge in [-0.25, -0.2) is 0 Å². The van der Waals surface area contributed by atoms with E-state index >= 15 is 0 Å². The second-order valence-electron chi connectivity index (χ2n) is 5.24. The minimum Gasteiger partial charge on any atom is -0.350 e. The summed E-state index contributed by atoms with van der Waals surface area (Å²) in [5.41, 5.74) is 5.17. The molecular weight excluding hydrogens is 340 g/mol. The summed E-state index contributed by atoms with van der Waals surface area (Å²) in [7, 11) is -1.06. The van der Waals surface area contributed by atoms with Gasteiger partial charge in [-0.3, -0.25) is 9.00 Å². The zero-order valence-corrected chi connectivity index (χ0v) is 14.2. The average Bonchev–Trinajstić information content (AvgIpc) is 2.38. The fraction of sp³-hybridized carbons (Fsp3) is 0.500. The van der Waals surface area contributed by atoms with Crippen molar-refractivity contribution in [2.45, 2.75) is 37.1 Å². The van der Waals surface area contributed by atoms with Gasteiger partial charge in [0.1, 0.15) is 0 Å². The lowest BCUT2D eigenvalue weighted by Crippen LogP contribution is -2.48. The second kappa shape index (κ2) is 7.90. The highest BCUT2D eigenvalue weighted by atomic mass is 79.9. The Labute approximate surface area is 131 Å². The molecule has 0 aliphatic carbocycles. The predicted molar refractivity (Wildman–Crippen MR) is 85.9 cm³/mol. The first-order valence-electron chi connectivity index (χ1n) is 6.49. The van der Waals surface area contributed by atoms with Crippen LogP contribution < -0.4 is 11.1 Å². The quantitative estimate of drug-likeness (QED) is 0.782. The van der Waals surface area contributed by atoms with Crippen LogP contribution in [0.1, 0.15) is 26.7 Å². The van der Waals surface area contributed by atoms with E-state index in [1.807, 2.05) is 38.1 Å². The van der Waals surface area contributed by atoms with E-state index in [4.69, 9.17) is 5.73 Å². The summed E-state index contributed by atoms with van der Waals surface area (Å²) < 4.78 is 13.0. The fourth-order valence-corrected chi connectivity index (χ4v) is 2.91. The molecule has 0 saturated heterocycles. The molecule has 0 aliphatic rings. The maximum atomic E-state index is 12.0. The van der Waals surface area contributed by atoms with Crippen LogP contribution in [-0.4, -0.2) is 28.0 Å². The lowest BCUT2D eigenvalue weighted by Gasteiger charge is -2.24. The van der Waals surface area contributed by atoms with E-state index in [0.29, 0.717) is 25.1 Å². The van der Waals surface area contributed by atoms with E-state index in [1.165, 1.54) is 0 Å². The molecule has 6 heteroatoms. The van der Waals surface area contributed by atoms with E-state index < -0.39 is 10.8 Å². The van der Waals surface area contributed by atoms with Gasteiger partial charge in [0.2, 0.25) is 5.91 Å². The van der Waals surface area contributed by atoms with Crippen LogP contribution in [-0.2, 0) is 15.6 Å². The summed E-state index contributed by atoms with van der Waals surface area (Å²) in [6.45, 7) is 4.15. The molecule has 1 amide bonds. The Morgan fingerprint density at radius 2 is 1.95 bits per heavy atom. The first-order valence-corrected chi connectivity index (χ1v) is 8.60. The van der Waals surface area contributed by atoms with Gasteiger partial charge in [0.15, 0.2) is 0 Å². The topological polar surface area (TPSA) is 72.2 Å². The molecule has 0 aliphatic heterocycles. The van der Waals surface area contributed by atoms with Crippen LogP contribution >= 0.6 is 15.9 Å². The Morgan fingerprint density at radius 3 is 2.50 bits per heavy atom. The molecule has 0 heterocycles. The highest BCUT2D eigenvalue weighted by Gasteiger charge is 2.17. The van der Waals surface area contributed by atoms with Crippen molar-refractivity contribution in [2.24, 2.45) is 5.73 Å². The van der Waals surface area contributed by atoms with Gasteiger partial charge in [-0.2, -0.15) is 0 Å². The third-order valence-electron chi connectivity index (χ3n) is 2.80. The molecule has 1 aromatic rings. The van der Waals surface area contributed by atoms with E-state index in [-0.39, 0.29) is 11.4 Å². The third-order valence-corrected chi connectivity index (χ3v) is 4.78. The first kappa shape index (κ1) is 17.3. The lowest BCUT2D eigenvalue weighted by atomic mass is 10.1. The summed E-state index contributed by atoms with van der Waals surface area (Å²) in [5.74, 6) is 0.436. The second-order valence-corrected chi connectivity index (χ2v) is 7.73. The molecule has 1 aromatic carbocycles. The number of nitrogens with two attached hydrogens (primary N) is 1. The van der Waals surface area contributed by atoms with Crippen LogP contribution in [0, 0.1) is 0 Å². The molecule has 0 fully saturated rings. The molecule has 20 heavy (non-hydrogen) atoms. The number of amides is 1. The fourth-order valence-electron chi connectivity index (χ4n) is 1.56. The van der Waals surface area contributed by atoms with Crippen LogP contribution in [0.3, 0.4) is 0 Å². The van der Waals surface area contributed by atoms with Crippen molar-refractivity contribution in [1.82, 2.24) is 5.32 Å². The van der Waals surface area contributed by atoms with Gasteiger partial charge in [0.25, 0.3) is 0 Å². The highest BCUT2D eigenvalue weighted by Crippen LogP contribution is 2.14. The van der Waals surface area contributed by atoms with Crippen molar-refractivity contribution >= 4 is 32.6 Å². The number of nitrogens with one attached hydrogen (secondary N) is 1. The van der Waals surface area contributed by atoms with Crippen molar-refractivity contribution in [1.29, 1.82) is 0 Å². The number of hydrogen-bond donors (Lipinski definition) is 2.